The number of rotatable bonds is 5. The van der Waals surface area contributed by atoms with Crippen LogP contribution in [0, 0.1) is 0 Å². The highest BCUT2D eigenvalue weighted by Gasteiger charge is 2.27. The molecule has 0 fully saturated rings. The minimum Gasteiger partial charge on any atom is -0.383 e. The van der Waals surface area contributed by atoms with Gasteiger partial charge in [-0.1, -0.05) is 6.07 Å². The zero-order chi connectivity index (χ0) is 20.2. The number of hydrogen-bond acceptors (Lipinski definition) is 5. The second-order valence-corrected chi connectivity index (χ2v) is 9.90. The Morgan fingerprint density at radius 3 is 2.41 bits per heavy atom. The van der Waals surface area contributed by atoms with Gasteiger partial charge in [0.1, 0.15) is 10.6 Å². The third-order valence-electron chi connectivity index (χ3n) is 6.30. The molecule has 0 saturated carbocycles. The maximum Gasteiger partial charge on any atom is 0.124 e. The van der Waals surface area contributed by atoms with Gasteiger partial charge in [-0.3, -0.25) is 0 Å². The van der Waals surface area contributed by atoms with Gasteiger partial charge in [0.25, 0.3) is 0 Å². The molecule has 0 spiro atoms. The predicted molar refractivity (Wildman–Crippen MR) is 116 cm³/mol. The highest BCUT2D eigenvalue weighted by atomic mass is 32.1. The lowest BCUT2D eigenvalue weighted by Gasteiger charge is -2.15. The quantitative estimate of drug-likeness (QED) is 0.676. The SMILES string of the molecule is CC(C)(O)c1ncc(C(CN)c2cnn(-c3c4c(cc5c3CCC5)CCC4)c2)s1. The molecule has 0 bridgehead atoms. The van der Waals surface area contributed by atoms with E-state index in [2.05, 4.69) is 21.9 Å². The zero-order valence-corrected chi connectivity index (χ0v) is 17.9. The summed E-state index contributed by atoms with van der Waals surface area (Å²) in [5, 5.41) is 15.8. The Morgan fingerprint density at radius 2 is 1.83 bits per heavy atom. The van der Waals surface area contributed by atoms with E-state index < -0.39 is 5.60 Å². The largest absolute Gasteiger partial charge is 0.383 e. The number of nitrogens with two attached hydrogens (primary N) is 1. The van der Waals surface area contributed by atoms with Crippen LogP contribution in [0.5, 0.6) is 0 Å². The molecule has 5 rings (SSSR count). The topological polar surface area (TPSA) is 77.0 Å². The summed E-state index contributed by atoms with van der Waals surface area (Å²) in [4.78, 5) is 5.50. The standard InChI is InChI=1S/C23H28N4OS/c1-23(2,28)22-25-12-20(29-22)19(10-24)16-11-26-27(13-16)21-17-7-3-5-14(17)9-15-6-4-8-18(15)21/h9,11-13,19,28H,3-8,10,24H2,1-2H3. The molecule has 6 heteroatoms. The van der Waals surface area contributed by atoms with Gasteiger partial charge in [-0.05, 0) is 74.6 Å². The lowest BCUT2D eigenvalue weighted by molar-refractivity contribution is 0.0783. The van der Waals surface area contributed by atoms with Crippen molar-refractivity contribution in [3.05, 3.63) is 62.4 Å². The summed E-state index contributed by atoms with van der Waals surface area (Å²) in [6.45, 7) is 4.02. The summed E-state index contributed by atoms with van der Waals surface area (Å²) >= 11 is 1.53. The molecule has 1 atom stereocenters. The minimum absolute atomic E-state index is 0.0437. The first-order valence-electron chi connectivity index (χ1n) is 10.6. The van der Waals surface area contributed by atoms with Gasteiger partial charge in [0.2, 0.25) is 0 Å². The molecular weight excluding hydrogens is 380 g/mol. The van der Waals surface area contributed by atoms with Crippen LogP contribution in [0.3, 0.4) is 0 Å². The van der Waals surface area contributed by atoms with E-state index in [1.54, 1.807) is 13.8 Å². The normalized spacial score (nSPS) is 16.8. The van der Waals surface area contributed by atoms with Crippen LogP contribution in [0.25, 0.3) is 5.69 Å². The first-order valence-corrected chi connectivity index (χ1v) is 11.4. The number of benzene rings is 1. The van der Waals surface area contributed by atoms with Crippen LogP contribution in [0.15, 0.2) is 24.7 Å². The molecule has 1 unspecified atom stereocenters. The molecule has 1 aromatic carbocycles. The van der Waals surface area contributed by atoms with Gasteiger partial charge in [0.15, 0.2) is 0 Å². The lowest BCUT2D eigenvalue weighted by atomic mass is 9.98. The summed E-state index contributed by atoms with van der Waals surface area (Å²) in [5.41, 5.74) is 13.7. The van der Waals surface area contributed by atoms with Gasteiger partial charge in [0.05, 0.1) is 11.9 Å². The summed E-state index contributed by atoms with van der Waals surface area (Å²) in [6, 6.07) is 2.46. The molecule has 29 heavy (non-hydrogen) atoms. The molecule has 152 valence electrons. The van der Waals surface area contributed by atoms with Crippen molar-refractivity contribution < 1.29 is 5.11 Å². The smallest absolute Gasteiger partial charge is 0.124 e. The Labute approximate surface area is 175 Å². The predicted octanol–water partition coefficient (Wildman–Crippen LogP) is 3.62. The summed E-state index contributed by atoms with van der Waals surface area (Å²) in [7, 11) is 0. The number of hydrogen-bond donors (Lipinski definition) is 2. The average Bonchev–Trinajstić information content (AvgIpc) is 3.45. The fraction of sp³-hybridized carbons (Fsp3) is 0.478. The molecule has 0 aliphatic heterocycles. The molecule has 2 aliphatic rings. The van der Waals surface area contributed by atoms with Gasteiger partial charge >= 0.3 is 0 Å². The van der Waals surface area contributed by atoms with Crippen molar-refractivity contribution in [3.8, 4) is 5.69 Å². The monoisotopic (exact) mass is 408 g/mol. The van der Waals surface area contributed by atoms with E-state index in [9.17, 15) is 5.11 Å². The molecule has 2 aromatic heterocycles. The molecule has 0 radical (unpaired) electrons. The molecule has 0 saturated heterocycles. The third-order valence-corrected chi connectivity index (χ3v) is 7.73. The van der Waals surface area contributed by atoms with E-state index >= 15 is 0 Å². The second kappa shape index (κ2) is 7.04. The molecule has 3 aromatic rings. The maximum atomic E-state index is 10.3. The first kappa shape index (κ1) is 19.0. The highest BCUT2D eigenvalue weighted by molar-refractivity contribution is 7.11. The average molecular weight is 409 g/mol. The van der Waals surface area contributed by atoms with Gasteiger partial charge in [-0.15, -0.1) is 11.3 Å². The van der Waals surface area contributed by atoms with Crippen molar-refractivity contribution in [1.82, 2.24) is 14.8 Å². The fourth-order valence-corrected chi connectivity index (χ4v) is 5.91. The van der Waals surface area contributed by atoms with Crippen LogP contribution < -0.4 is 5.73 Å². The van der Waals surface area contributed by atoms with E-state index in [0.29, 0.717) is 6.54 Å². The van der Waals surface area contributed by atoms with E-state index in [1.807, 2.05) is 12.4 Å². The van der Waals surface area contributed by atoms with Crippen LogP contribution in [0.2, 0.25) is 0 Å². The Balaban J connectivity index is 1.54. The number of thiazole rings is 1. The van der Waals surface area contributed by atoms with Gasteiger partial charge in [-0.2, -0.15) is 5.10 Å². The van der Waals surface area contributed by atoms with Crippen molar-refractivity contribution in [2.75, 3.05) is 6.54 Å². The van der Waals surface area contributed by atoms with Crippen LogP contribution in [0.4, 0.5) is 0 Å². The van der Waals surface area contributed by atoms with Gasteiger partial charge in [-0.25, -0.2) is 9.67 Å². The van der Waals surface area contributed by atoms with Crippen LogP contribution >= 0.6 is 11.3 Å². The first-order chi connectivity index (χ1) is 14.0. The summed E-state index contributed by atoms with van der Waals surface area (Å²) < 4.78 is 2.10. The number of nitrogens with zero attached hydrogens (tertiary/aromatic N) is 3. The van der Waals surface area contributed by atoms with Crippen molar-refractivity contribution in [1.29, 1.82) is 0 Å². The fourth-order valence-electron chi connectivity index (χ4n) is 4.85. The van der Waals surface area contributed by atoms with Crippen molar-refractivity contribution >= 4 is 11.3 Å². The van der Waals surface area contributed by atoms with Crippen molar-refractivity contribution in [3.63, 3.8) is 0 Å². The molecule has 5 nitrogen and oxygen atoms in total. The van der Waals surface area contributed by atoms with E-state index in [4.69, 9.17) is 10.8 Å². The second-order valence-electron chi connectivity index (χ2n) is 8.84. The van der Waals surface area contributed by atoms with E-state index in [0.717, 1.165) is 28.3 Å². The number of aryl methyl sites for hydroxylation is 2. The number of aliphatic hydroxyl groups is 1. The van der Waals surface area contributed by atoms with Crippen LogP contribution in [0.1, 0.15) is 70.3 Å². The van der Waals surface area contributed by atoms with Crippen molar-refractivity contribution in [2.45, 2.75) is 63.9 Å². The molecule has 2 aliphatic carbocycles. The van der Waals surface area contributed by atoms with Crippen molar-refractivity contribution in [2.24, 2.45) is 5.73 Å². The molecular formula is C23H28N4OS. The zero-order valence-electron chi connectivity index (χ0n) is 17.1. The van der Waals surface area contributed by atoms with E-state index in [1.165, 1.54) is 65.0 Å². The van der Waals surface area contributed by atoms with Crippen LogP contribution in [-0.2, 0) is 31.3 Å². The Hall–Kier alpha value is -2.02. The van der Waals surface area contributed by atoms with Gasteiger partial charge < -0.3 is 10.8 Å². The molecule has 2 heterocycles. The summed E-state index contributed by atoms with van der Waals surface area (Å²) in [5.74, 6) is 0.0437. The minimum atomic E-state index is -0.933. The Bertz CT molecular complexity index is 1030. The van der Waals surface area contributed by atoms with Gasteiger partial charge in [0, 0.05) is 35.3 Å². The third kappa shape index (κ3) is 3.23. The number of aromatic nitrogens is 3. The Morgan fingerprint density at radius 1 is 1.14 bits per heavy atom. The summed E-state index contributed by atoms with van der Waals surface area (Å²) in [6.07, 6.45) is 13.1. The Kier molecular flexibility index (Phi) is 4.61. The highest BCUT2D eigenvalue weighted by Crippen LogP contribution is 2.38. The number of fused-ring (bicyclic) bond motifs is 2. The maximum absolute atomic E-state index is 10.3. The molecule has 0 amide bonds. The lowest BCUT2D eigenvalue weighted by Crippen LogP contribution is -2.14. The molecule has 3 N–H and O–H groups in total. The van der Waals surface area contributed by atoms with Crippen LogP contribution in [-0.4, -0.2) is 26.4 Å². The van der Waals surface area contributed by atoms with E-state index in [-0.39, 0.29) is 5.92 Å².